The zero-order valence-corrected chi connectivity index (χ0v) is 14.4. The minimum Gasteiger partial charge on any atom is -0.338 e. The maximum atomic E-state index is 14.8. The lowest BCUT2D eigenvalue weighted by molar-refractivity contribution is 0.0343. The second kappa shape index (κ2) is 6.57. The number of halogens is 2. The number of hydrogen-bond acceptors (Lipinski definition) is 1. The quantitative estimate of drug-likeness (QED) is 0.756. The summed E-state index contributed by atoms with van der Waals surface area (Å²) in [4.78, 5) is 14.2. The first-order valence-corrected chi connectivity index (χ1v) is 8.30. The zero-order valence-electron chi connectivity index (χ0n) is 13.7. The molecular formula is C18H25ClFNO. The summed E-state index contributed by atoms with van der Waals surface area (Å²) in [5.41, 5.74) is -0.404. The van der Waals surface area contributed by atoms with E-state index < -0.39 is 5.67 Å². The summed E-state index contributed by atoms with van der Waals surface area (Å²) in [5.74, 6) is -0.0552. The van der Waals surface area contributed by atoms with E-state index in [-0.39, 0.29) is 11.3 Å². The average Bonchev–Trinajstić information content (AvgIpc) is 2.45. The van der Waals surface area contributed by atoms with Gasteiger partial charge in [0.25, 0.3) is 5.91 Å². The molecule has 0 atom stereocenters. The molecule has 2 nitrogen and oxygen atoms in total. The fourth-order valence-electron chi connectivity index (χ4n) is 2.76. The summed E-state index contributed by atoms with van der Waals surface area (Å²) < 4.78 is 14.8. The maximum Gasteiger partial charge on any atom is 0.253 e. The van der Waals surface area contributed by atoms with E-state index in [1.54, 1.807) is 29.2 Å². The van der Waals surface area contributed by atoms with Crippen molar-refractivity contribution in [3.8, 4) is 0 Å². The van der Waals surface area contributed by atoms with Gasteiger partial charge >= 0.3 is 0 Å². The number of likely N-dealkylation sites (tertiary alicyclic amines) is 1. The molecule has 0 aliphatic carbocycles. The number of nitrogens with zero attached hydrogens (tertiary/aromatic N) is 1. The Hall–Kier alpha value is -1.09. The van der Waals surface area contributed by atoms with Crippen molar-refractivity contribution in [3.63, 3.8) is 0 Å². The predicted octanol–water partition coefficient (Wildman–Crippen LogP) is 5.11. The monoisotopic (exact) mass is 325 g/mol. The van der Waals surface area contributed by atoms with Gasteiger partial charge in [-0.1, -0.05) is 38.4 Å². The van der Waals surface area contributed by atoms with Gasteiger partial charge in [-0.25, -0.2) is 4.39 Å². The molecule has 1 aromatic carbocycles. The SMILES string of the molecule is CC(C)(C)CCC1(F)CCN(C(=O)c2cccc(Cl)c2)CC1. The highest BCUT2D eigenvalue weighted by Crippen LogP contribution is 2.35. The number of benzene rings is 1. The third kappa shape index (κ3) is 4.70. The molecule has 22 heavy (non-hydrogen) atoms. The van der Waals surface area contributed by atoms with Crippen molar-refractivity contribution in [3.05, 3.63) is 34.9 Å². The number of amides is 1. The van der Waals surface area contributed by atoms with Gasteiger partial charge < -0.3 is 4.90 Å². The van der Waals surface area contributed by atoms with Crippen molar-refractivity contribution in [1.82, 2.24) is 4.90 Å². The Morgan fingerprint density at radius 2 is 1.95 bits per heavy atom. The van der Waals surface area contributed by atoms with Gasteiger partial charge in [0, 0.05) is 23.7 Å². The zero-order chi connectivity index (χ0) is 16.4. The minimum absolute atomic E-state index is 0.0552. The molecule has 1 fully saturated rings. The van der Waals surface area contributed by atoms with Gasteiger partial charge in [0.15, 0.2) is 0 Å². The number of rotatable bonds is 3. The Bertz CT molecular complexity index is 530. The molecule has 0 radical (unpaired) electrons. The lowest BCUT2D eigenvalue weighted by Gasteiger charge is -2.37. The van der Waals surface area contributed by atoms with E-state index in [9.17, 15) is 9.18 Å². The van der Waals surface area contributed by atoms with E-state index >= 15 is 0 Å². The van der Waals surface area contributed by atoms with Gasteiger partial charge in [-0.3, -0.25) is 4.79 Å². The summed E-state index contributed by atoms with van der Waals surface area (Å²) in [6.07, 6.45) is 2.30. The van der Waals surface area contributed by atoms with Crippen LogP contribution in [0.2, 0.25) is 5.02 Å². The highest BCUT2D eigenvalue weighted by atomic mass is 35.5. The standard InChI is InChI=1S/C18H25ClFNO/c1-17(2,3)7-8-18(20)9-11-21(12-10-18)16(22)14-5-4-6-15(19)13-14/h4-6,13H,7-12H2,1-3H3. The summed E-state index contributed by atoms with van der Waals surface area (Å²) in [6.45, 7) is 7.36. The second-order valence-corrected chi connectivity index (χ2v) is 7.95. The molecule has 0 aromatic heterocycles. The number of alkyl halides is 1. The Morgan fingerprint density at radius 3 is 2.50 bits per heavy atom. The molecule has 0 bridgehead atoms. The fraction of sp³-hybridized carbons (Fsp3) is 0.611. The summed E-state index contributed by atoms with van der Waals surface area (Å²) in [5, 5.41) is 0.549. The van der Waals surface area contributed by atoms with Crippen molar-refractivity contribution in [1.29, 1.82) is 0 Å². The fourth-order valence-corrected chi connectivity index (χ4v) is 2.95. The number of carbonyl (C=O) groups is 1. The lowest BCUT2D eigenvalue weighted by atomic mass is 9.81. The molecule has 0 unspecified atom stereocenters. The minimum atomic E-state index is -1.13. The third-order valence-corrected chi connectivity index (χ3v) is 4.58. The van der Waals surface area contributed by atoms with Crippen molar-refractivity contribution in [2.24, 2.45) is 5.41 Å². The van der Waals surface area contributed by atoms with Crippen LogP contribution < -0.4 is 0 Å². The molecule has 1 saturated heterocycles. The first-order chi connectivity index (χ1) is 10.2. The first kappa shape index (κ1) is 17.3. The van der Waals surface area contributed by atoms with Crippen LogP contribution in [0.5, 0.6) is 0 Å². The lowest BCUT2D eigenvalue weighted by Crippen LogP contribution is -2.44. The molecule has 4 heteroatoms. The van der Waals surface area contributed by atoms with Crippen LogP contribution in [-0.2, 0) is 0 Å². The van der Waals surface area contributed by atoms with Gasteiger partial charge in [-0.2, -0.15) is 0 Å². The molecule has 0 N–H and O–H groups in total. The molecule has 0 spiro atoms. The second-order valence-electron chi connectivity index (χ2n) is 7.51. The Balaban J connectivity index is 1.93. The number of hydrogen-bond donors (Lipinski definition) is 0. The van der Waals surface area contributed by atoms with Gasteiger partial charge in [-0.15, -0.1) is 0 Å². The molecular weight excluding hydrogens is 301 g/mol. The molecule has 2 rings (SSSR count). The summed E-state index contributed by atoms with van der Waals surface area (Å²) >= 11 is 5.93. The Kier molecular flexibility index (Phi) is 5.16. The van der Waals surface area contributed by atoms with Crippen LogP contribution in [0.3, 0.4) is 0 Å². The van der Waals surface area contributed by atoms with E-state index in [0.717, 1.165) is 6.42 Å². The third-order valence-electron chi connectivity index (χ3n) is 4.34. The molecule has 1 amide bonds. The van der Waals surface area contributed by atoms with Crippen molar-refractivity contribution < 1.29 is 9.18 Å². The van der Waals surface area contributed by atoms with Crippen LogP contribution in [0.15, 0.2) is 24.3 Å². The summed E-state index contributed by atoms with van der Waals surface area (Å²) in [6, 6.07) is 6.93. The van der Waals surface area contributed by atoms with E-state index in [1.165, 1.54) is 0 Å². The van der Waals surface area contributed by atoms with E-state index in [2.05, 4.69) is 20.8 Å². The number of carbonyl (C=O) groups excluding carboxylic acids is 1. The normalized spacial score (nSPS) is 18.3. The topological polar surface area (TPSA) is 20.3 Å². The molecule has 1 heterocycles. The highest BCUT2D eigenvalue weighted by Gasteiger charge is 2.36. The largest absolute Gasteiger partial charge is 0.338 e. The van der Waals surface area contributed by atoms with E-state index in [0.29, 0.717) is 42.9 Å². The highest BCUT2D eigenvalue weighted by molar-refractivity contribution is 6.30. The van der Waals surface area contributed by atoms with Crippen LogP contribution in [-0.4, -0.2) is 29.6 Å². The van der Waals surface area contributed by atoms with Crippen LogP contribution in [0, 0.1) is 5.41 Å². The van der Waals surface area contributed by atoms with Crippen molar-refractivity contribution >= 4 is 17.5 Å². The predicted molar refractivity (Wildman–Crippen MR) is 89.1 cm³/mol. The van der Waals surface area contributed by atoms with Gasteiger partial charge in [0.05, 0.1) is 0 Å². The van der Waals surface area contributed by atoms with Gasteiger partial charge in [0.1, 0.15) is 5.67 Å². The van der Waals surface area contributed by atoms with Gasteiger partial charge in [-0.05, 0) is 49.3 Å². The summed E-state index contributed by atoms with van der Waals surface area (Å²) in [7, 11) is 0. The van der Waals surface area contributed by atoms with Crippen LogP contribution in [0.1, 0.15) is 56.8 Å². The molecule has 0 saturated carbocycles. The van der Waals surface area contributed by atoms with Crippen LogP contribution >= 0.6 is 11.6 Å². The Labute approximate surface area is 137 Å². The molecule has 1 aromatic rings. The van der Waals surface area contributed by atoms with Crippen LogP contribution in [0.25, 0.3) is 0 Å². The van der Waals surface area contributed by atoms with Crippen molar-refractivity contribution in [2.45, 2.75) is 52.1 Å². The maximum absolute atomic E-state index is 14.8. The first-order valence-electron chi connectivity index (χ1n) is 7.92. The van der Waals surface area contributed by atoms with E-state index in [4.69, 9.17) is 11.6 Å². The molecule has 1 aliphatic rings. The van der Waals surface area contributed by atoms with Crippen LogP contribution in [0.4, 0.5) is 4.39 Å². The number of piperidine rings is 1. The van der Waals surface area contributed by atoms with Crippen molar-refractivity contribution in [2.75, 3.05) is 13.1 Å². The van der Waals surface area contributed by atoms with E-state index in [1.807, 2.05) is 0 Å². The molecule has 122 valence electrons. The Morgan fingerprint density at radius 1 is 1.32 bits per heavy atom. The van der Waals surface area contributed by atoms with Gasteiger partial charge in [0.2, 0.25) is 0 Å². The average molecular weight is 326 g/mol. The smallest absolute Gasteiger partial charge is 0.253 e. The molecule has 1 aliphatic heterocycles.